The highest BCUT2D eigenvalue weighted by Crippen LogP contribution is 2.15. The van der Waals surface area contributed by atoms with Crippen LogP contribution in [0.5, 0.6) is 0 Å². The zero-order chi connectivity index (χ0) is 10.6. The summed E-state index contributed by atoms with van der Waals surface area (Å²) in [5.41, 5.74) is 12.7. The fourth-order valence-electron chi connectivity index (χ4n) is 1.25. The molecule has 0 aliphatic heterocycles. The van der Waals surface area contributed by atoms with Crippen LogP contribution in [-0.4, -0.2) is 5.91 Å². The lowest BCUT2D eigenvalue weighted by Gasteiger charge is -2.10. The number of carbonyl (C=O) groups excluding carboxylic acids is 1. The van der Waals surface area contributed by atoms with E-state index in [1.807, 2.05) is 24.3 Å². The van der Waals surface area contributed by atoms with Gasteiger partial charge in [0.1, 0.15) is 0 Å². The minimum atomic E-state index is -0.387. The summed E-state index contributed by atoms with van der Waals surface area (Å²) in [7, 11) is 0. The van der Waals surface area contributed by atoms with Crippen LogP contribution in [0.1, 0.15) is 23.6 Å². The molecule has 0 aliphatic rings. The molecule has 1 unspecified atom stereocenters. The molecule has 3 nitrogen and oxygen atoms in total. The highest BCUT2D eigenvalue weighted by molar-refractivity contribution is 5.74. The van der Waals surface area contributed by atoms with Gasteiger partial charge in [0.2, 0.25) is 5.91 Å². The molecule has 0 aromatic heterocycles. The molecule has 0 spiro atoms. The van der Waals surface area contributed by atoms with Crippen molar-refractivity contribution in [3.05, 3.63) is 42.0 Å². The Morgan fingerprint density at radius 3 is 2.86 bits per heavy atom. The molecule has 0 fully saturated rings. The zero-order valence-corrected chi connectivity index (χ0v) is 7.94. The van der Waals surface area contributed by atoms with E-state index in [0.29, 0.717) is 0 Å². The molecule has 1 rings (SSSR count). The molecule has 3 heteroatoms. The Morgan fingerprint density at radius 2 is 2.29 bits per heavy atom. The van der Waals surface area contributed by atoms with Gasteiger partial charge in [-0.25, -0.2) is 0 Å². The summed E-state index contributed by atoms with van der Waals surface area (Å²) in [6.45, 7) is 3.66. The van der Waals surface area contributed by atoms with E-state index in [1.54, 1.807) is 6.08 Å². The molecule has 74 valence electrons. The zero-order valence-electron chi connectivity index (χ0n) is 7.94. The summed E-state index contributed by atoms with van der Waals surface area (Å²) in [6, 6.07) is 7.26. The number of rotatable bonds is 4. The van der Waals surface area contributed by atoms with Crippen LogP contribution in [0.4, 0.5) is 0 Å². The average molecular weight is 190 g/mol. The first-order valence-electron chi connectivity index (χ1n) is 4.39. The summed E-state index contributed by atoms with van der Waals surface area (Å²) in [5.74, 6) is -0.387. The first kappa shape index (κ1) is 10.5. The number of carbonyl (C=O) groups is 1. The number of amides is 1. The van der Waals surface area contributed by atoms with Crippen LogP contribution < -0.4 is 11.5 Å². The van der Waals surface area contributed by atoms with E-state index in [0.717, 1.165) is 11.1 Å². The Kier molecular flexibility index (Phi) is 3.42. The molecule has 14 heavy (non-hydrogen) atoms. The van der Waals surface area contributed by atoms with Gasteiger partial charge in [0.15, 0.2) is 0 Å². The molecule has 1 aromatic carbocycles. The van der Waals surface area contributed by atoms with Crippen molar-refractivity contribution in [3.63, 3.8) is 0 Å². The van der Waals surface area contributed by atoms with Gasteiger partial charge in [-0.2, -0.15) is 0 Å². The highest BCUT2D eigenvalue weighted by Gasteiger charge is 2.08. The third-order valence-electron chi connectivity index (χ3n) is 2.00. The van der Waals surface area contributed by atoms with Gasteiger partial charge in [-0.05, 0) is 11.1 Å². The third kappa shape index (κ3) is 2.71. The summed E-state index contributed by atoms with van der Waals surface area (Å²) in [4.78, 5) is 10.7. The maximum atomic E-state index is 10.7. The molecule has 1 atom stereocenters. The van der Waals surface area contributed by atoms with E-state index in [4.69, 9.17) is 11.5 Å². The number of nitrogens with two attached hydrogens (primary N) is 2. The van der Waals surface area contributed by atoms with Crippen molar-refractivity contribution >= 4 is 12.0 Å². The number of benzene rings is 1. The fraction of sp³-hybridized carbons (Fsp3) is 0.182. The van der Waals surface area contributed by atoms with Crippen LogP contribution in [-0.2, 0) is 4.79 Å². The molecule has 0 radical (unpaired) electrons. The number of hydrogen-bond acceptors (Lipinski definition) is 2. The van der Waals surface area contributed by atoms with E-state index < -0.39 is 0 Å². The fourth-order valence-corrected chi connectivity index (χ4v) is 1.25. The maximum Gasteiger partial charge on any atom is 0.219 e. The lowest BCUT2D eigenvalue weighted by molar-refractivity contribution is -0.118. The van der Waals surface area contributed by atoms with Crippen LogP contribution in [0.2, 0.25) is 0 Å². The topological polar surface area (TPSA) is 69.1 Å². The quantitative estimate of drug-likeness (QED) is 0.749. The Morgan fingerprint density at radius 1 is 1.57 bits per heavy atom. The maximum absolute atomic E-state index is 10.7. The van der Waals surface area contributed by atoms with Gasteiger partial charge in [0.25, 0.3) is 0 Å². The highest BCUT2D eigenvalue weighted by atomic mass is 16.1. The van der Waals surface area contributed by atoms with Gasteiger partial charge >= 0.3 is 0 Å². The molecular formula is C11H14N2O. The van der Waals surface area contributed by atoms with Crippen molar-refractivity contribution in [1.29, 1.82) is 0 Å². The molecule has 0 aliphatic carbocycles. The molecule has 0 saturated carbocycles. The van der Waals surface area contributed by atoms with Gasteiger partial charge < -0.3 is 11.5 Å². The van der Waals surface area contributed by atoms with Crippen LogP contribution in [0.3, 0.4) is 0 Å². The van der Waals surface area contributed by atoms with Crippen LogP contribution in [0.15, 0.2) is 30.8 Å². The molecule has 1 amide bonds. The van der Waals surface area contributed by atoms with Crippen LogP contribution >= 0.6 is 0 Å². The van der Waals surface area contributed by atoms with E-state index in [-0.39, 0.29) is 18.4 Å². The predicted molar refractivity (Wildman–Crippen MR) is 57.3 cm³/mol. The second-order valence-corrected chi connectivity index (χ2v) is 3.15. The standard InChI is InChI=1S/C11H14N2O/c1-2-8-4-3-5-9(6-8)10(12)7-11(13)14/h2-6,10H,1,7,12H2,(H2,13,14). The smallest absolute Gasteiger partial charge is 0.219 e. The summed E-state index contributed by atoms with van der Waals surface area (Å²) in [6.07, 6.45) is 1.90. The summed E-state index contributed by atoms with van der Waals surface area (Å²) >= 11 is 0. The van der Waals surface area contributed by atoms with E-state index in [1.165, 1.54) is 0 Å². The molecule has 0 saturated heterocycles. The first-order chi connectivity index (χ1) is 6.63. The average Bonchev–Trinajstić information content (AvgIpc) is 2.17. The normalized spacial score (nSPS) is 12.1. The molecule has 4 N–H and O–H groups in total. The number of primary amides is 1. The summed E-state index contributed by atoms with van der Waals surface area (Å²) < 4.78 is 0. The van der Waals surface area contributed by atoms with Crippen LogP contribution in [0.25, 0.3) is 6.08 Å². The molecular weight excluding hydrogens is 176 g/mol. The Labute approximate surface area is 83.4 Å². The Balaban J connectivity index is 2.83. The minimum Gasteiger partial charge on any atom is -0.370 e. The van der Waals surface area contributed by atoms with Crippen molar-refractivity contribution in [2.24, 2.45) is 11.5 Å². The van der Waals surface area contributed by atoms with E-state index in [2.05, 4.69) is 6.58 Å². The summed E-state index contributed by atoms with van der Waals surface area (Å²) in [5, 5.41) is 0. The lowest BCUT2D eigenvalue weighted by Crippen LogP contribution is -2.20. The SMILES string of the molecule is C=Cc1cccc(C(N)CC(N)=O)c1. The van der Waals surface area contributed by atoms with E-state index >= 15 is 0 Å². The number of hydrogen-bond donors (Lipinski definition) is 2. The van der Waals surface area contributed by atoms with Crippen molar-refractivity contribution in [2.75, 3.05) is 0 Å². The second kappa shape index (κ2) is 4.58. The lowest BCUT2D eigenvalue weighted by atomic mass is 10.0. The van der Waals surface area contributed by atoms with Crippen molar-refractivity contribution in [2.45, 2.75) is 12.5 Å². The third-order valence-corrected chi connectivity index (χ3v) is 2.00. The predicted octanol–water partition coefficient (Wildman–Crippen LogP) is 1.20. The van der Waals surface area contributed by atoms with Gasteiger partial charge in [-0.15, -0.1) is 0 Å². The van der Waals surface area contributed by atoms with Gasteiger partial charge in [-0.3, -0.25) is 4.79 Å². The second-order valence-electron chi connectivity index (χ2n) is 3.15. The molecule has 0 bridgehead atoms. The Bertz CT molecular complexity index is 347. The van der Waals surface area contributed by atoms with Crippen molar-refractivity contribution in [1.82, 2.24) is 0 Å². The van der Waals surface area contributed by atoms with Crippen LogP contribution in [0, 0.1) is 0 Å². The minimum absolute atomic E-state index is 0.167. The van der Waals surface area contributed by atoms with Gasteiger partial charge in [0, 0.05) is 12.5 Å². The van der Waals surface area contributed by atoms with Crippen molar-refractivity contribution in [3.8, 4) is 0 Å². The van der Waals surface area contributed by atoms with E-state index in [9.17, 15) is 4.79 Å². The molecule has 0 heterocycles. The van der Waals surface area contributed by atoms with Gasteiger partial charge in [0.05, 0.1) is 0 Å². The monoisotopic (exact) mass is 190 g/mol. The first-order valence-corrected chi connectivity index (χ1v) is 4.39. The van der Waals surface area contributed by atoms with Crippen molar-refractivity contribution < 1.29 is 4.79 Å². The molecule has 1 aromatic rings. The van der Waals surface area contributed by atoms with Gasteiger partial charge in [-0.1, -0.05) is 36.9 Å². The largest absolute Gasteiger partial charge is 0.370 e. The Hall–Kier alpha value is -1.61.